The van der Waals surface area contributed by atoms with Crippen molar-refractivity contribution in [1.82, 2.24) is 5.32 Å². The minimum absolute atomic E-state index is 0.0906. The van der Waals surface area contributed by atoms with Gasteiger partial charge in [0.2, 0.25) is 0 Å². The first kappa shape index (κ1) is 16.5. The molecule has 112 valence electrons. The van der Waals surface area contributed by atoms with E-state index in [0.717, 1.165) is 12.0 Å². The molecule has 1 amide bonds. The predicted molar refractivity (Wildman–Crippen MR) is 79.8 cm³/mol. The van der Waals surface area contributed by atoms with Crippen LogP contribution in [0, 0.1) is 0 Å². The second-order valence-corrected chi connectivity index (χ2v) is 5.69. The Balaban J connectivity index is 2.57. The molecule has 1 rings (SSSR count). The van der Waals surface area contributed by atoms with Gasteiger partial charge in [-0.05, 0) is 39.7 Å². The van der Waals surface area contributed by atoms with E-state index in [1.54, 1.807) is 0 Å². The Kier molecular flexibility index (Phi) is 6.52. The lowest BCUT2D eigenvalue weighted by Gasteiger charge is -2.23. The fourth-order valence-electron chi connectivity index (χ4n) is 1.78. The van der Waals surface area contributed by atoms with Crippen LogP contribution >= 0.6 is 0 Å². The topological polar surface area (TPSA) is 47.6 Å². The molecule has 0 saturated carbocycles. The van der Waals surface area contributed by atoms with Crippen LogP contribution in [0.2, 0.25) is 0 Å². The fraction of sp³-hybridized carbons (Fsp3) is 0.562. The molecule has 0 unspecified atom stereocenters. The Labute approximate surface area is 121 Å². The summed E-state index contributed by atoms with van der Waals surface area (Å²) in [6.45, 7) is 8.59. The molecule has 1 aromatic rings. The lowest BCUT2D eigenvalue weighted by molar-refractivity contribution is 0.0449. The minimum Gasteiger partial charge on any atom is -0.444 e. The molecule has 0 bridgehead atoms. The molecule has 0 radical (unpaired) electrons. The van der Waals surface area contributed by atoms with Crippen molar-refractivity contribution in [3.05, 3.63) is 35.9 Å². The molecule has 0 saturated heterocycles. The van der Waals surface area contributed by atoms with E-state index in [9.17, 15) is 4.79 Å². The smallest absolute Gasteiger partial charge is 0.407 e. The van der Waals surface area contributed by atoms with Crippen LogP contribution in [-0.4, -0.2) is 30.9 Å². The second-order valence-electron chi connectivity index (χ2n) is 5.69. The largest absolute Gasteiger partial charge is 0.444 e. The van der Waals surface area contributed by atoms with Crippen molar-refractivity contribution in [1.29, 1.82) is 0 Å². The standard InChI is InChI=1S/C16H25NO3/c1-5-19-12-14(11-13-9-7-6-8-10-13)17-15(18)20-16(2,3)4/h6-10,14H,5,11-12H2,1-4H3,(H,17,18)/t14-/m1/s1. The first-order valence-electron chi connectivity index (χ1n) is 7.02. The third kappa shape index (κ3) is 7.14. The van der Waals surface area contributed by atoms with E-state index in [1.165, 1.54) is 0 Å². The van der Waals surface area contributed by atoms with Crippen LogP contribution in [0.25, 0.3) is 0 Å². The lowest BCUT2D eigenvalue weighted by Crippen LogP contribution is -2.42. The van der Waals surface area contributed by atoms with Crippen LogP contribution in [0.15, 0.2) is 30.3 Å². The van der Waals surface area contributed by atoms with E-state index < -0.39 is 11.7 Å². The molecule has 0 aliphatic heterocycles. The Morgan fingerprint density at radius 3 is 2.45 bits per heavy atom. The maximum absolute atomic E-state index is 11.8. The highest BCUT2D eigenvalue weighted by molar-refractivity contribution is 5.68. The summed E-state index contributed by atoms with van der Waals surface area (Å²) in [6, 6.07) is 9.93. The van der Waals surface area contributed by atoms with Crippen LogP contribution < -0.4 is 5.32 Å². The van der Waals surface area contributed by atoms with E-state index in [-0.39, 0.29) is 6.04 Å². The Bertz CT molecular complexity index is 398. The molecule has 1 aromatic carbocycles. The number of nitrogens with one attached hydrogen (secondary N) is 1. The van der Waals surface area contributed by atoms with E-state index >= 15 is 0 Å². The number of carbonyl (C=O) groups is 1. The molecule has 0 spiro atoms. The van der Waals surface area contributed by atoms with E-state index in [1.807, 2.05) is 58.0 Å². The highest BCUT2D eigenvalue weighted by Crippen LogP contribution is 2.08. The third-order valence-electron chi connectivity index (χ3n) is 2.57. The number of amides is 1. The summed E-state index contributed by atoms with van der Waals surface area (Å²) >= 11 is 0. The SMILES string of the molecule is CCOC[C@@H](Cc1ccccc1)NC(=O)OC(C)(C)C. The van der Waals surface area contributed by atoms with Crippen molar-refractivity contribution < 1.29 is 14.3 Å². The summed E-state index contributed by atoms with van der Waals surface area (Å²) in [7, 11) is 0. The van der Waals surface area contributed by atoms with E-state index in [4.69, 9.17) is 9.47 Å². The zero-order valence-corrected chi connectivity index (χ0v) is 12.8. The van der Waals surface area contributed by atoms with Gasteiger partial charge in [0.15, 0.2) is 0 Å². The predicted octanol–water partition coefficient (Wildman–Crippen LogP) is 3.16. The number of benzene rings is 1. The molecule has 4 heteroatoms. The van der Waals surface area contributed by atoms with E-state index in [2.05, 4.69) is 5.32 Å². The van der Waals surface area contributed by atoms with Crippen LogP contribution in [-0.2, 0) is 15.9 Å². The van der Waals surface area contributed by atoms with Gasteiger partial charge in [-0.2, -0.15) is 0 Å². The van der Waals surface area contributed by atoms with Crippen molar-refractivity contribution in [2.45, 2.75) is 45.8 Å². The molecule has 20 heavy (non-hydrogen) atoms. The Morgan fingerprint density at radius 2 is 1.90 bits per heavy atom. The quantitative estimate of drug-likeness (QED) is 0.870. The minimum atomic E-state index is -0.493. The zero-order valence-electron chi connectivity index (χ0n) is 12.8. The van der Waals surface area contributed by atoms with Gasteiger partial charge in [-0.1, -0.05) is 30.3 Å². The normalized spacial score (nSPS) is 12.8. The zero-order chi connectivity index (χ0) is 15.0. The van der Waals surface area contributed by atoms with Crippen molar-refractivity contribution in [2.75, 3.05) is 13.2 Å². The highest BCUT2D eigenvalue weighted by Gasteiger charge is 2.19. The summed E-state index contributed by atoms with van der Waals surface area (Å²) in [5.74, 6) is 0. The number of ether oxygens (including phenoxy) is 2. The van der Waals surface area contributed by atoms with Crippen molar-refractivity contribution >= 4 is 6.09 Å². The van der Waals surface area contributed by atoms with Crippen LogP contribution in [0.5, 0.6) is 0 Å². The molecule has 0 fully saturated rings. The maximum Gasteiger partial charge on any atom is 0.407 e. The van der Waals surface area contributed by atoms with Gasteiger partial charge in [0.25, 0.3) is 0 Å². The van der Waals surface area contributed by atoms with Crippen LogP contribution in [0.4, 0.5) is 4.79 Å². The molecule has 0 aromatic heterocycles. The third-order valence-corrected chi connectivity index (χ3v) is 2.57. The van der Waals surface area contributed by atoms with Crippen LogP contribution in [0.3, 0.4) is 0 Å². The van der Waals surface area contributed by atoms with Crippen molar-refractivity contribution in [3.8, 4) is 0 Å². The second kappa shape index (κ2) is 7.90. The lowest BCUT2D eigenvalue weighted by atomic mass is 10.1. The molecule has 0 aliphatic carbocycles. The van der Waals surface area contributed by atoms with Gasteiger partial charge in [-0.25, -0.2) is 4.79 Å². The summed E-state index contributed by atoms with van der Waals surface area (Å²) in [5, 5.41) is 2.87. The molecular formula is C16H25NO3. The van der Waals surface area contributed by atoms with Gasteiger partial charge < -0.3 is 14.8 Å². The van der Waals surface area contributed by atoms with Gasteiger partial charge in [-0.3, -0.25) is 0 Å². The summed E-state index contributed by atoms with van der Waals surface area (Å²) in [4.78, 5) is 11.8. The van der Waals surface area contributed by atoms with Gasteiger partial charge in [0.05, 0.1) is 12.6 Å². The van der Waals surface area contributed by atoms with Gasteiger partial charge >= 0.3 is 6.09 Å². The average Bonchev–Trinajstić information content (AvgIpc) is 2.35. The summed E-state index contributed by atoms with van der Waals surface area (Å²) in [6.07, 6.45) is 0.318. The summed E-state index contributed by atoms with van der Waals surface area (Å²) < 4.78 is 10.7. The number of carbonyl (C=O) groups excluding carboxylic acids is 1. The molecular weight excluding hydrogens is 254 g/mol. The Hall–Kier alpha value is -1.55. The number of alkyl carbamates (subject to hydrolysis) is 1. The average molecular weight is 279 g/mol. The maximum atomic E-state index is 11.8. The number of hydrogen-bond donors (Lipinski definition) is 1. The first-order valence-corrected chi connectivity index (χ1v) is 7.02. The summed E-state index contributed by atoms with van der Waals surface area (Å²) in [5.41, 5.74) is 0.667. The fourth-order valence-corrected chi connectivity index (χ4v) is 1.78. The van der Waals surface area contributed by atoms with Crippen molar-refractivity contribution in [3.63, 3.8) is 0 Å². The molecule has 0 heterocycles. The van der Waals surface area contributed by atoms with Gasteiger partial charge in [-0.15, -0.1) is 0 Å². The molecule has 1 atom stereocenters. The number of rotatable bonds is 6. The molecule has 1 N–H and O–H groups in total. The first-order chi connectivity index (χ1) is 9.40. The van der Waals surface area contributed by atoms with Crippen LogP contribution in [0.1, 0.15) is 33.3 Å². The number of hydrogen-bond acceptors (Lipinski definition) is 3. The highest BCUT2D eigenvalue weighted by atomic mass is 16.6. The monoisotopic (exact) mass is 279 g/mol. The van der Waals surface area contributed by atoms with Gasteiger partial charge in [0, 0.05) is 6.61 Å². The molecule has 0 aliphatic rings. The molecule has 4 nitrogen and oxygen atoms in total. The van der Waals surface area contributed by atoms with Crippen molar-refractivity contribution in [2.24, 2.45) is 0 Å². The van der Waals surface area contributed by atoms with E-state index in [0.29, 0.717) is 13.2 Å². The van der Waals surface area contributed by atoms with Gasteiger partial charge in [0.1, 0.15) is 5.60 Å². The Morgan fingerprint density at radius 1 is 1.25 bits per heavy atom.